The second-order valence-electron chi connectivity index (χ2n) is 4.87. The fraction of sp³-hybridized carbons (Fsp3) is 0.429. The zero-order valence-electron chi connectivity index (χ0n) is 10.6. The number of rotatable bonds is 3. The number of β-lactam (4-membered cyclic amide) rings is 1. The molecule has 2 rings (SSSR count). The Morgan fingerprint density at radius 3 is 2.61 bits per heavy atom. The Labute approximate surface area is 107 Å². The van der Waals surface area contributed by atoms with E-state index in [0.29, 0.717) is 13.0 Å². The molecule has 1 atom stereocenters. The van der Waals surface area contributed by atoms with Crippen LogP contribution in [0.5, 0.6) is 0 Å². The van der Waals surface area contributed by atoms with Crippen LogP contribution in [0.1, 0.15) is 31.9 Å². The van der Waals surface area contributed by atoms with Crippen LogP contribution in [-0.2, 0) is 9.53 Å². The van der Waals surface area contributed by atoms with Crippen molar-refractivity contribution >= 4 is 12.0 Å². The number of carbonyl (C=O) groups excluding carboxylic acids is 2. The molecule has 1 aliphatic heterocycles. The van der Waals surface area contributed by atoms with Gasteiger partial charge in [-0.1, -0.05) is 44.2 Å². The van der Waals surface area contributed by atoms with Gasteiger partial charge in [0.05, 0.1) is 19.1 Å². The Balaban J connectivity index is 2.03. The average Bonchev–Trinajstić information content (AvgIpc) is 2.34. The van der Waals surface area contributed by atoms with E-state index in [2.05, 4.69) is 0 Å². The molecule has 96 valence electrons. The Morgan fingerprint density at radius 1 is 1.39 bits per heavy atom. The lowest BCUT2D eigenvalue weighted by Crippen LogP contribution is -2.50. The molecule has 1 aliphatic rings. The second-order valence-corrected chi connectivity index (χ2v) is 4.87. The van der Waals surface area contributed by atoms with Gasteiger partial charge in [-0.25, -0.2) is 9.69 Å². The van der Waals surface area contributed by atoms with Gasteiger partial charge >= 0.3 is 6.09 Å². The van der Waals surface area contributed by atoms with Gasteiger partial charge in [-0.15, -0.1) is 0 Å². The van der Waals surface area contributed by atoms with Crippen LogP contribution in [0.15, 0.2) is 30.3 Å². The van der Waals surface area contributed by atoms with E-state index in [1.165, 1.54) is 4.90 Å². The van der Waals surface area contributed by atoms with Crippen molar-refractivity contribution in [2.45, 2.75) is 26.3 Å². The quantitative estimate of drug-likeness (QED) is 0.771. The molecule has 0 spiro atoms. The van der Waals surface area contributed by atoms with Crippen molar-refractivity contribution < 1.29 is 14.3 Å². The molecule has 2 amide bonds. The molecule has 0 radical (unpaired) electrons. The highest BCUT2D eigenvalue weighted by Gasteiger charge is 2.42. The topological polar surface area (TPSA) is 46.6 Å². The minimum absolute atomic E-state index is 0.168. The molecule has 18 heavy (non-hydrogen) atoms. The first-order valence-electron chi connectivity index (χ1n) is 6.13. The van der Waals surface area contributed by atoms with Gasteiger partial charge in [-0.2, -0.15) is 0 Å². The maximum absolute atomic E-state index is 11.8. The summed E-state index contributed by atoms with van der Waals surface area (Å²) in [4.78, 5) is 24.5. The van der Waals surface area contributed by atoms with E-state index in [4.69, 9.17) is 4.74 Å². The fourth-order valence-electron chi connectivity index (χ4n) is 1.90. The van der Waals surface area contributed by atoms with Crippen LogP contribution >= 0.6 is 0 Å². The number of amides is 2. The van der Waals surface area contributed by atoms with Crippen molar-refractivity contribution in [1.82, 2.24) is 4.90 Å². The number of nitrogens with zero attached hydrogens (tertiary/aromatic N) is 1. The van der Waals surface area contributed by atoms with Crippen molar-refractivity contribution in [3.8, 4) is 0 Å². The third-order valence-corrected chi connectivity index (χ3v) is 2.87. The lowest BCUT2D eigenvalue weighted by Gasteiger charge is -2.37. The van der Waals surface area contributed by atoms with E-state index in [0.717, 1.165) is 5.56 Å². The summed E-state index contributed by atoms with van der Waals surface area (Å²) in [5.41, 5.74) is 0.971. The summed E-state index contributed by atoms with van der Waals surface area (Å²) >= 11 is 0. The second kappa shape index (κ2) is 5.21. The highest BCUT2D eigenvalue weighted by molar-refractivity contribution is 5.97. The predicted octanol–water partition coefficient (Wildman–Crippen LogP) is 2.75. The highest BCUT2D eigenvalue weighted by atomic mass is 16.6. The molecule has 1 fully saturated rings. The first kappa shape index (κ1) is 12.6. The summed E-state index contributed by atoms with van der Waals surface area (Å²) in [6, 6.07) is 9.37. The molecule has 0 aromatic heterocycles. The van der Waals surface area contributed by atoms with Gasteiger partial charge in [0.25, 0.3) is 0 Å². The average molecular weight is 247 g/mol. The molecule has 1 aromatic rings. The number of benzene rings is 1. The monoisotopic (exact) mass is 247 g/mol. The molecule has 0 bridgehead atoms. The highest BCUT2D eigenvalue weighted by Crippen LogP contribution is 2.34. The Kier molecular flexibility index (Phi) is 3.65. The van der Waals surface area contributed by atoms with Crippen LogP contribution in [0.25, 0.3) is 0 Å². The molecule has 4 heteroatoms. The molecule has 0 N–H and O–H groups in total. The molecule has 1 aromatic carbocycles. The summed E-state index contributed by atoms with van der Waals surface area (Å²) in [6.45, 7) is 4.25. The Bertz CT molecular complexity index is 442. The van der Waals surface area contributed by atoms with E-state index >= 15 is 0 Å². The third kappa shape index (κ3) is 2.53. The minimum atomic E-state index is -0.534. The summed E-state index contributed by atoms with van der Waals surface area (Å²) in [5, 5.41) is 0. The maximum Gasteiger partial charge on any atom is 0.417 e. The van der Waals surface area contributed by atoms with Crippen molar-refractivity contribution in [1.29, 1.82) is 0 Å². The molecular weight excluding hydrogens is 230 g/mol. The lowest BCUT2D eigenvalue weighted by atomic mass is 9.95. The summed E-state index contributed by atoms with van der Waals surface area (Å²) in [5.74, 6) is 0.0955. The molecule has 1 heterocycles. The standard InChI is InChI=1S/C14H17NO3/c1-10(2)9-18-14(17)15-12(8-13(15)16)11-6-4-3-5-7-11/h3-7,10,12H,8-9H2,1-2H3. The van der Waals surface area contributed by atoms with E-state index in [-0.39, 0.29) is 17.9 Å². The van der Waals surface area contributed by atoms with Crippen molar-refractivity contribution in [3.63, 3.8) is 0 Å². The number of hydrogen-bond acceptors (Lipinski definition) is 3. The summed E-state index contributed by atoms with van der Waals surface area (Å²) in [6.07, 6.45) is -0.158. The van der Waals surface area contributed by atoms with E-state index < -0.39 is 6.09 Å². The van der Waals surface area contributed by atoms with Crippen LogP contribution in [0.2, 0.25) is 0 Å². The van der Waals surface area contributed by atoms with Crippen molar-refractivity contribution in [2.75, 3.05) is 6.61 Å². The molecule has 1 saturated heterocycles. The Morgan fingerprint density at radius 2 is 2.06 bits per heavy atom. The molecule has 1 unspecified atom stereocenters. The van der Waals surface area contributed by atoms with E-state index in [9.17, 15) is 9.59 Å². The smallest absolute Gasteiger partial charge is 0.417 e. The largest absolute Gasteiger partial charge is 0.449 e. The lowest BCUT2D eigenvalue weighted by molar-refractivity contribution is -0.143. The summed E-state index contributed by atoms with van der Waals surface area (Å²) < 4.78 is 5.10. The molecule has 0 aliphatic carbocycles. The van der Waals surface area contributed by atoms with E-state index in [1.54, 1.807) is 0 Å². The molecule has 0 saturated carbocycles. The van der Waals surface area contributed by atoms with Gasteiger partial charge in [0.2, 0.25) is 5.91 Å². The first-order chi connectivity index (χ1) is 8.59. The number of carbonyl (C=O) groups is 2. The molecule has 4 nitrogen and oxygen atoms in total. The van der Waals surface area contributed by atoms with Crippen molar-refractivity contribution in [2.24, 2.45) is 5.92 Å². The molecular formula is C14H17NO3. The first-order valence-corrected chi connectivity index (χ1v) is 6.13. The van der Waals surface area contributed by atoms with Crippen LogP contribution < -0.4 is 0 Å². The Hall–Kier alpha value is -1.84. The maximum atomic E-state index is 11.8. The summed E-state index contributed by atoms with van der Waals surface area (Å²) in [7, 11) is 0. The van der Waals surface area contributed by atoms with Gasteiger partial charge in [-0.05, 0) is 11.5 Å². The van der Waals surface area contributed by atoms with Gasteiger partial charge in [0.1, 0.15) is 0 Å². The zero-order chi connectivity index (χ0) is 13.1. The normalized spacial score (nSPS) is 18.7. The number of likely N-dealkylation sites (tertiary alicyclic amines) is 1. The number of hydrogen-bond donors (Lipinski definition) is 0. The number of ether oxygens (including phenoxy) is 1. The van der Waals surface area contributed by atoms with Gasteiger partial charge in [0.15, 0.2) is 0 Å². The van der Waals surface area contributed by atoms with Gasteiger partial charge in [0, 0.05) is 0 Å². The third-order valence-electron chi connectivity index (χ3n) is 2.87. The van der Waals surface area contributed by atoms with E-state index in [1.807, 2.05) is 44.2 Å². The fourth-order valence-corrected chi connectivity index (χ4v) is 1.90. The zero-order valence-corrected chi connectivity index (χ0v) is 10.6. The van der Waals surface area contributed by atoms with Crippen LogP contribution in [0.4, 0.5) is 4.79 Å². The van der Waals surface area contributed by atoms with Crippen LogP contribution in [0.3, 0.4) is 0 Å². The van der Waals surface area contributed by atoms with Crippen LogP contribution in [0, 0.1) is 5.92 Å². The van der Waals surface area contributed by atoms with Crippen molar-refractivity contribution in [3.05, 3.63) is 35.9 Å². The predicted molar refractivity (Wildman–Crippen MR) is 66.8 cm³/mol. The van der Waals surface area contributed by atoms with Gasteiger partial charge in [-0.3, -0.25) is 4.79 Å². The number of imide groups is 1. The minimum Gasteiger partial charge on any atom is -0.449 e. The van der Waals surface area contributed by atoms with Gasteiger partial charge < -0.3 is 4.74 Å². The van der Waals surface area contributed by atoms with Crippen LogP contribution in [-0.4, -0.2) is 23.5 Å². The SMILES string of the molecule is CC(C)COC(=O)N1C(=O)CC1c1ccccc1.